The van der Waals surface area contributed by atoms with Gasteiger partial charge in [-0.05, 0) is 23.8 Å². The van der Waals surface area contributed by atoms with E-state index in [-0.39, 0.29) is 25.7 Å². The molecule has 1 amide bonds. The average molecular weight is 317 g/mol. The summed E-state index contributed by atoms with van der Waals surface area (Å²) < 4.78 is 1.82. The van der Waals surface area contributed by atoms with Gasteiger partial charge in [-0.3, -0.25) is 9.48 Å². The molecule has 1 heterocycles. The highest BCUT2D eigenvalue weighted by molar-refractivity contribution is 5.94. The summed E-state index contributed by atoms with van der Waals surface area (Å²) in [6.45, 7) is 2.33. The van der Waals surface area contributed by atoms with Crippen molar-refractivity contribution >= 4 is 5.91 Å². The Morgan fingerprint density at radius 1 is 1.26 bits per heavy atom. The third-order valence-corrected chi connectivity index (χ3v) is 3.83. The van der Waals surface area contributed by atoms with Crippen molar-refractivity contribution in [1.29, 1.82) is 0 Å². The standard InChI is InChI=1S/C17H23N3O3/c1-17(12-21,13-22)11-19(2)16(23)15-6-4-14(5-7-15)10-20-9-3-8-18-20/h3-9,21-22H,10-13H2,1-2H3. The van der Waals surface area contributed by atoms with Crippen molar-refractivity contribution < 1.29 is 15.0 Å². The van der Waals surface area contributed by atoms with Crippen LogP contribution in [0.5, 0.6) is 0 Å². The zero-order valence-corrected chi connectivity index (χ0v) is 13.5. The maximum Gasteiger partial charge on any atom is 0.253 e. The lowest BCUT2D eigenvalue weighted by Gasteiger charge is -2.30. The van der Waals surface area contributed by atoms with E-state index in [1.165, 1.54) is 4.90 Å². The molecule has 6 heteroatoms. The molecular formula is C17H23N3O3. The zero-order valence-electron chi connectivity index (χ0n) is 13.5. The van der Waals surface area contributed by atoms with Crippen molar-refractivity contribution in [2.24, 2.45) is 5.41 Å². The van der Waals surface area contributed by atoms with E-state index < -0.39 is 5.41 Å². The highest BCUT2D eigenvalue weighted by atomic mass is 16.3. The van der Waals surface area contributed by atoms with E-state index in [1.807, 2.05) is 29.1 Å². The van der Waals surface area contributed by atoms with Gasteiger partial charge >= 0.3 is 0 Å². The first-order valence-corrected chi connectivity index (χ1v) is 7.51. The number of nitrogens with zero attached hydrogens (tertiary/aromatic N) is 3. The average Bonchev–Trinajstić information content (AvgIpc) is 3.07. The molecule has 124 valence electrons. The van der Waals surface area contributed by atoms with Gasteiger partial charge in [-0.2, -0.15) is 5.10 Å². The van der Waals surface area contributed by atoms with Crippen molar-refractivity contribution in [3.8, 4) is 0 Å². The molecule has 0 saturated heterocycles. The van der Waals surface area contributed by atoms with Crippen molar-refractivity contribution in [2.45, 2.75) is 13.5 Å². The van der Waals surface area contributed by atoms with Crippen LogP contribution in [0.15, 0.2) is 42.7 Å². The van der Waals surface area contributed by atoms with E-state index in [4.69, 9.17) is 0 Å². The summed E-state index contributed by atoms with van der Waals surface area (Å²) in [7, 11) is 1.67. The minimum atomic E-state index is -0.704. The van der Waals surface area contributed by atoms with Crippen molar-refractivity contribution in [2.75, 3.05) is 26.8 Å². The highest BCUT2D eigenvalue weighted by Crippen LogP contribution is 2.17. The molecule has 0 saturated carbocycles. The predicted octanol–water partition coefficient (Wildman–Crippen LogP) is 0.994. The fourth-order valence-corrected chi connectivity index (χ4v) is 2.35. The molecule has 2 aromatic rings. The van der Waals surface area contributed by atoms with Crippen LogP contribution in [0.25, 0.3) is 0 Å². The molecule has 0 atom stereocenters. The largest absolute Gasteiger partial charge is 0.396 e. The quantitative estimate of drug-likeness (QED) is 0.798. The van der Waals surface area contributed by atoms with E-state index >= 15 is 0 Å². The van der Waals surface area contributed by atoms with Gasteiger partial charge < -0.3 is 15.1 Å². The fraction of sp³-hybridized carbons (Fsp3) is 0.412. The van der Waals surface area contributed by atoms with Crippen LogP contribution in [0.3, 0.4) is 0 Å². The number of carbonyl (C=O) groups excluding carboxylic acids is 1. The van der Waals surface area contributed by atoms with E-state index in [0.717, 1.165) is 5.56 Å². The third-order valence-electron chi connectivity index (χ3n) is 3.83. The second-order valence-electron chi connectivity index (χ2n) is 6.19. The van der Waals surface area contributed by atoms with Crippen LogP contribution in [0.1, 0.15) is 22.8 Å². The number of aliphatic hydroxyl groups is 2. The summed E-state index contributed by atoms with van der Waals surface area (Å²) in [5, 5.41) is 22.8. The molecule has 0 bridgehead atoms. The van der Waals surface area contributed by atoms with Gasteiger partial charge in [-0.25, -0.2) is 0 Å². The number of hydrogen-bond donors (Lipinski definition) is 2. The summed E-state index contributed by atoms with van der Waals surface area (Å²) in [6, 6.07) is 9.24. The first-order chi connectivity index (χ1) is 11.0. The maximum atomic E-state index is 12.4. The summed E-state index contributed by atoms with van der Waals surface area (Å²) in [4.78, 5) is 14.0. The van der Waals surface area contributed by atoms with Crippen molar-refractivity contribution in [3.05, 3.63) is 53.9 Å². The topological polar surface area (TPSA) is 78.6 Å². The number of hydrogen-bond acceptors (Lipinski definition) is 4. The summed E-state index contributed by atoms with van der Waals surface area (Å²) >= 11 is 0. The molecule has 1 aromatic heterocycles. The maximum absolute atomic E-state index is 12.4. The molecule has 0 radical (unpaired) electrons. The zero-order chi connectivity index (χ0) is 16.9. The van der Waals surface area contributed by atoms with Crippen LogP contribution in [0, 0.1) is 5.41 Å². The van der Waals surface area contributed by atoms with E-state index in [0.29, 0.717) is 12.1 Å². The number of carbonyl (C=O) groups is 1. The number of amides is 1. The van der Waals surface area contributed by atoms with Gasteiger partial charge in [0.25, 0.3) is 5.91 Å². The summed E-state index contributed by atoms with van der Waals surface area (Å²) in [5.74, 6) is -0.135. The van der Waals surface area contributed by atoms with Gasteiger partial charge in [0, 0.05) is 37.0 Å². The van der Waals surface area contributed by atoms with E-state index in [2.05, 4.69) is 5.10 Å². The van der Waals surface area contributed by atoms with Crippen molar-refractivity contribution in [1.82, 2.24) is 14.7 Å². The normalized spacial score (nSPS) is 11.5. The van der Waals surface area contributed by atoms with Crippen LogP contribution in [0.4, 0.5) is 0 Å². The fourth-order valence-electron chi connectivity index (χ4n) is 2.35. The Balaban J connectivity index is 2.02. The Hall–Kier alpha value is -2.18. The Bertz CT molecular complexity index is 619. The first-order valence-electron chi connectivity index (χ1n) is 7.51. The molecule has 0 aliphatic rings. The van der Waals surface area contributed by atoms with E-state index in [1.54, 1.807) is 32.3 Å². The van der Waals surface area contributed by atoms with Crippen LogP contribution in [-0.2, 0) is 6.54 Å². The molecule has 0 aliphatic carbocycles. The second-order valence-corrected chi connectivity index (χ2v) is 6.19. The Labute approximate surface area is 136 Å². The lowest BCUT2D eigenvalue weighted by atomic mass is 9.92. The molecule has 0 spiro atoms. The summed E-state index contributed by atoms with van der Waals surface area (Å²) in [5.41, 5.74) is 0.933. The molecule has 23 heavy (non-hydrogen) atoms. The van der Waals surface area contributed by atoms with Gasteiger partial charge in [0.05, 0.1) is 19.8 Å². The van der Waals surface area contributed by atoms with Gasteiger partial charge in [0.2, 0.25) is 0 Å². The number of aliphatic hydroxyl groups excluding tert-OH is 2. The Morgan fingerprint density at radius 3 is 2.43 bits per heavy atom. The second kappa shape index (κ2) is 7.39. The molecule has 0 fully saturated rings. The minimum absolute atomic E-state index is 0.135. The van der Waals surface area contributed by atoms with Crippen LogP contribution in [-0.4, -0.2) is 57.6 Å². The molecule has 0 unspecified atom stereocenters. The number of aromatic nitrogens is 2. The van der Waals surface area contributed by atoms with Gasteiger partial charge in [-0.15, -0.1) is 0 Å². The minimum Gasteiger partial charge on any atom is -0.396 e. The first kappa shape index (κ1) is 17.2. The van der Waals surface area contributed by atoms with E-state index in [9.17, 15) is 15.0 Å². The Kier molecular flexibility index (Phi) is 5.52. The lowest BCUT2D eigenvalue weighted by Crippen LogP contribution is -2.41. The highest BCUT2D eigenvalue weighted by Gasteiger charge is 2.26. The lowest BCUT2D eigenvalue weighted by molar-refractivity contribution is 0.0366. The van der Waals surface area contributed by atoms with Crippen LogP contribution < -0.4 is 0 Å². The molecule has 2 N–H and O–H groups in total. The van der Waals surface area contributed by atoms with Gasteiger partial charge in [-0.1, -0.05) is 19.1 Å². The monoisotopic (exact) mass is 317 g/mol. The number of benzene rings is 1. The van der Waals surface area contributed by atoms with Gasteiger partial charge in [0.15, 0.2) is 0 Å². The third kappa shape index (κ3) is 4.40. The SMILES string of the molecule is CN(CC(C)(CO)CO)C(=O)c1ccc(Cn2cccn2)cc1. The molecule has 1 aromatic carbocycles. The molecule has 2 rings (SSSR count). The molecular weight excluding hydrogens is 294 g/mol. The summed E-state index contributed by atoms with van der Waals surface area (Å²) in [6.07, 6.45) is 3.61. The number of rotatable bonds is 7. The smallest absolute Gasteiger partial charge is 0.253 e. The van der Waals surface area contributed by atoms with Gasteiger partial charge in [0.1, 0.15) is 0 Å². The van der Waals surface area contributed by atoms with Crippen LogP contribution >= 0.6 is 0 Å². The molecule has 6 nitrogen and oxygen atoms in total. The van der Waals surface area contributed by atoms with Crippen molar-refractivity contribution in [3.63, 3.8) is 0 Å². The molecule has 0 aliphatic heterocycles. The predicted molar refractivity (Wildman–Crippen MR) is 87.0 cm³/mol. The Morgan fingerprint density at radius 2 is 1.91 bits per heavy atom. The van der Waals surface area contributed by atoms with Crippen LogP contribution in [0.2, 0.25) is 0 Å².